The van der Waals surface area contributed by atoms with Crippen molar-refractivity contribution in [2.75, 3.05) is 13.7 Å². The van der Waals surface area contributed by atoms with Crippen LogP contribution in [0, 0.1) is 17.8 Å². The summed E-state index contributed by atoms with van der Waals surface area (Å²) in [4.78, 5) is 11.8. The molecule has 4 unspecified atom stereocenters. The average Bonchev–Trinajstić information content (AvgIpc) is 2.01. The molecule has 0 bridgehead atoms. The molecular weight excluding hydrogens is 178 g/mol. The number of nitrogens with two attached hydrogens (primary N) is 1. The van der Waals surface area contributed by atoms with E-state index in [1.54, 1.807) is 7.11 Å². The van der Waals surface area contributed by atoms with E-state index in [4.69, 9.17) is 10.5 Å². The van der Waals surface area contributed by atoms with Crippen LogP contribution in [0.1, 0.15) is 26.7 Å². The van der Waals surface area contributed by atoms with Crippen LogP contribution in [0.5, 0.6) is 0 Å². The molecule has 2 N–H and O–H groups in total. The zero-order valence-electron chi connectivity index (χ0n) is 9.32. The van der Waals surface area contributed by atoms with Gasteiger partial charge >= 0.3 is 0 Å². The molecule has 14 heavy (non-hydrogen) atoms. The van der Waals surface area contributed by atoms with Gasteiger partial charge in [0.2, 0.25) is 0 Å². The molecule has 0 aromatic carbocycles. The van der Waals surface area contributed by atoms with Gasteiger partial charge in [-0.15, -0.1) is 0 Å². The van der Waals surface area contributed by atoms with Gasteiger partial charge in [-0.3, -0.25) is 4.79 Å². The predicted molar refractivity (Wildman–Crippen MR) is 55.9 cm³/mol. The Balaban J connectivity index is 2.62. The Kier molecular flexibility index (Phi) is 4.08. The van der Waals surface area contributed by atoms with E-state index < -0.39 is 0 Å². The second kappa shape index (κ2) is 4.89. The molecule has 0 aliphatic heterocycles. The van der Waals surface area contributed by atoms with Crippen LogP contribution in [-0.2, 0) is 9.53 Å². The monoisotopic (exact) mass is 199 g/mol. The summed E-state index contributed by atoms with van der Waals surface area (Å²) in [6.45, 7) is 4.73. The van der Waals surface area contributed by atoms with Gasteiger partial charge in [0.1, 0.15) is 5.78 Å². The SMILES string of the molecule is COCC(N)C1C(=O)CC(C)CC1C. The smallest absolute Gasteiger partial charge is 0.138 e. The summed E-state index contributed by atoms with van der Waals surface area (Å²) in [5.41, 5.74) is 5.94. The van der Waals surface area contributed by atoms with Gasteiger partial charge in [0.15, 0.2) is 0 Å². The van der Waals surface area contributed by atoms with Crippen molar-refractivity contribution in [1.82, 2.24) is 0 Å². The minimum absolute atomic E-state index is 0.00569. The molecule has 1 aliphatic rings. The third-order valence-electron chi connectivity index (χ3n) is 3.13. The molecule has 0 aromatic rings. The first-order valence-corrected chi connectivity index (χ1v) is 5.33. The summed E-state index contributed by atoms with van der Waals surface area (Å²) in [5.74, 6) is 1.24. The second-order valence-corrected chi connectivity index (χ2v) is 4.63. The number of methoxy groups -OCH3 is 1. The van der Waals surface area contributed by atoms with Gasteiger partial charge in [-0.1, -0.05) is 13.8 Å². The van der Waals surface area contributed by atoms with Gasteiger partial charge < -0.3 is 10.5 Å². The Morgan fingerprint density at radius 3 is 2.71 bits per heavy atom. The van der Waals surface area contributed by atoms with E-state index in [1.165, 1.54) is 0 Å². The maximum atomic E-state index is 11.8. The van der Waals surface area contributed by atoms with Crippen LogP contribution in [0.2, 0.25) is 0 Å². The van der Waals surface area contributed by atoms with Gasteiger partial charge in [0.05, 0.1) is 6.61 Å². The first kappa shape index (κ1) is 11.7. The summed E-state index contributed by atoms with van der Waals surface area (Å²) >= 11 is 0. The summed E-state index contributed by atoms with van der Waals surface area (Å²) in [6, 6.07) is -0.130. The highest BCUT2D eigenvalue weighted by Gasteiger charge is 2.36. The Hall–Kier alpha value is -0.410. The number of ether oxygens (including phenoxy) is 1. The van der Waals surface area contributed by atoms with Crippen LogP contribution in [-0.4, -0.2) is 25.5 Å². The molecule has 1 fully saturated rings. The molecule has 0 heterocycles. The van der Waals surface area contributed by atoms with Gasteiger partial charge in [-0.2, -0.15) is 0 Å². The fourth-order valence-corrected chi connectivity index (χ4v) is 2.62. The van der Waals surface area contributed by atoms with E-state index in [0.717, 1.165) is 6.42 Å². The maximum absolute atomic E-state index is 11.8. The van der Waals surface area contributed by atoms with E-state index in [9.17, 15) is 4.79 Å². The zero-order valence-corrected chi connectivity index (χ0v) is 9.32. The third kappa shape index (κ3) is 2.55. The summed E-state index contributed by atoms with van der Waals surface area (Å²) in [7, 11) is 1.63. The number of rotatable bonds is 3. The van der Waals surface area contributed by atoms with Crippen molar-refractivity contribution < 1.29 is 9.53 Å². The van der Waals surface area contributed by atoms with Crippen molar-refractivity contribution in [1.29, 1.82) is 0 Å². The molecule has 0 saturated heterocycles. The molecule has 1 saturated carbocycles. The van der Waals surface area contributed by atoms with Crippen molar-refractivity contribution in [3.8, 4) is 0 Å². The normalized spacial score (nSPS) is 35.7. The molecule has 3 heteroatoms. The lowest BCUT2D eigenvalue weighted by molar-refractivity contribution is -0.129. The highest BCUT2D eigenvalue weighted by atomic mass is 16.5. The van der Waals surface area contributed by atoms with Gasteiger partial charge in [0, 0.05) is 25.5 Å². The minimum Gasteiger partial charge on any atom is -0.383 e. The van der Waals surface area contributed by atoms with Gasteiger partial charge in [-0.25, -0.2) is 0 Å². The molecule has 0 aromatic heterocycles. The summed E-state index contributed by atoms with van der Waals surface area (Å²) < 4.78 is 5.00. The van der Waals surface area contributed by atoms with Crippen LogP contribution in [0.15, 0.2) is 0 Å². The topological polar surface area (TPSA) is 52.3 Å². The number of carbonyl (C=O) groups excluding carboxylic acids is 1. The highest BCUT2D eigenvalue weighted by Crippen LogP contribution is 2.32. The van der Waals surface area contributed by atoms with E-state index in [-0.39, 0.29) is 12.0 Å². The van der Waals surface area contributed by atoms with Crippen LogP contribution < -0.4 is 5.73 Å². The summed E-state index contributed by atoms with van der Waals surface area (Å²) in [6.07, 6.45) is 1.79. The van der Waals surface area contributed by atoms with E-state index in [1.807, 2.05) is 0 Å². The molecule has 3 nitrogen and oxygen atoms in total. The van der Waals surface area contributed by atoms with E-state index in [2.05, 4.69) is 13.8 Å². The van der Waals surface area contributed by atoms with Crippen LogP contribution in [0.25, 0.3) is 0 Å². The average molecular weight is 199 g/mol. The molecule has 0 amide bonds. The first-order chi connectivity index (χ1) is 6.56. The van der Waals surface area contributed by atoms with Gasteiger partial charge in [-0.05, 0) is 18.3 Å². The van der Waals surface area contributed by atoms with Gasteiger partial charge in [0.25, 0.3) is 0 Å². The van der Waals surface area contributed by atoms with Crippen LogP contribution in [0.4, 0.5) is 0 Å². The fraction of sp³-hybridized carbons (Fsp3) is 0.909. The zero-order chi connectivity index (χ0) is 10.7. The standard InChI is InChI=1S/C11H21NO2/c1-7-4-8(2)11(10(13)5-7)9(12)6-14-3/h7-9,11H,4-6,12H2,1-3H3. The predicted octanol–water partition coefficient (Wildman–Crippen LogP) is 1.21. The third-order valence-corrected chi connectivity index (χ3v) is 3.13. The second-order valence-electron chi connectivity index (χ2n) is 4.63. The molecule has 1 rings (SSSR count). The molecule has 82 valence electrons. The van der Waals surface area contributed by atoms with E-state index >= 15 is 0 Å². The Morgan fingerprint density at radius 2 is 2.21 bits per heavy atom. The molecule has 4 atom stereocenters. The quantitative estimate of drug-likeness (QED) is 0.743. The number of carbonyl (C=O) groups is 1. The van der Waals surface area contributed by atoms with Crippen molar-refractivity contribution in [2.45, 2.75) is 32.7 Å². The number of Topliss-reactive ketones (excluding diaryl/α,β-unsaturated/α-hetero) is 1. The lowest BCUT2D eigenvalue weighted by Gasteiger charge is -2.34. The van der Waals surface area contributed by atoms with Crippen molar-refractivity contribution in [2.24, 2.45) is 23.5 Å². The number of ketones is 1. The lowest BCUT2D eigenvalue weighted by atomic mass is 9.72. The number of hydrogen-bond acceptors (Lipinski definition) is 3. The molecule has 0 spiro atoms. The largest absolute Gasteiger partial charge is 0.383 e. The highest BCUT2D eigenvalue weighted by molar-refractivity contribution is 5.83. The maximum Gasteiger partial charge on any atom is 0.138 e. The molecular formula is C11H21NO2. The van der Waals surface area contributed by atoms with E-state index in [0.29, 0.717) is 30.6 Å². The fourth-order valence-electron chi connectivity index (χ4n) is 2.62. The number of hydrogen-bond donors (Lipinski definition) is 1. The molecule has 1 aliphatic carbocycles. The van der Waals surface area contributed by atoms with Crippen molar-refractivity contribution >= 4 is 5.78 Å². The van der Waals surface area contributed by atoms with Crippen LogP contribution >= 0.6 is 0 Å². The first-order valence-electron chi connectivity index (χ1n) is 5.33. The van der Waals surface area contributed by atoms with Crippen molar-refractivity contribution in [3.05, 3.63) is 0 Å². The summed E-state index contributed by atoms with van der Waals surface area (Å²) in [5, 5.41) is 0. The molecule has 0 radical (unpaired) electrons. The lowest BCUT2D eigenvalue weighted by Crippen LogP contribution is -2.45. The Labute approximate surface area is 86.0 Å². The minimum atomic E-state index is -0.130. The van der Waals surface area contributed by atoms with Crippen molar-refractivity contribution in [3.63, 3.8) is 0 Å². The Morgan fingerprint density at radius 1 is 1.57 bits per heavy atom. The van der Waals surface area contributed by atoms with Crippen LogP contribution in [0.3, 0.4) is 0 Å². The Bertz CT molecular complexity index is 201.